The van der Waals surface area contributed by atoms with Gasteiger partial charge in [-0.2, -0.15) is 0 Å². The number of para-hydroxylation sites is 1. The minimum absolute atomic E-state index is 0.0897. The first-order valence-electron chi connectivity index (χ1n) is 11.5. The van der Waals surface area contributed by atoms with Gasteiger partial charge in [0.25, 0.3) is 0 Å². The first-order chi connectivity index (χ1) is 15.3. The van der Waals surface area contributed by atoms with Crippen LogP contribution in [0.4, 0.5) is 0 Å². The van der Waals surface area contributed by atoms with Gasteiger partial charge in [0.05, 0.1) is 19.8 Å². The van der Waals surface area contributed by atoms with Crippen molar-refractivity contribution in [1.82, 2.24) is 4.90 Å². The van der Waals surface area contributed by atoms with Gasteiger partial charge in [-0.15, -0.1) is 0 Å². The molecule has 2 aromatic rings. The van der Waals surface area contributed by atoms with E-state index in [1.54, 1.807) is 21.1 Å². The van der Waals surface area contributed by atoms with Gasteiger partial charge in [-0.05, 0) is 74.3 Å². The van der Waals surface area contributed by atoms with E-state index in [2.05, 4.69) is 26.0 Å². The number of rotatable bonds is 9. The third kappa shape index (κ3) is 6.26. The van der Waals surface area contributed by atoms with Gasteiger partial charge in [0.1, 0.15) is 11.5 Å². The number of carbonyl (C=O) groups is 1. The molecule has 0 N–H and O–H groups in total. The summed E-state index contributed by atoms with van der Waals surface area (Å²) in [6.07, 6.45) is 2.90. The van der Waals surface area contributed by atoms with E-state index in [0.717, 1.165) is 42.9 Å². The lowest BCUT2D eigenvalue weighted by Crippen LogP contribution is -2.37. The minimum atomic E-state index is -0.132. The van der Waals surface area contributed by atoms with Crippen molar-refractivity contribution in [1.29, 1.82) is 0 Å². The van der Waals surface area contributed by atoms with Crippen LogP contribution in [0.1, 0.15) is 57.1 Å². The SMILES string of the molecule is COc1ccc(CN(CC[C@H](c2ccccc2OC)[C@@H]2CCOC(C)(C)C2)C(C)=O)cc1. The molecule has 1 heterocycles. The van der Waals surface area contributed by atoms with E-state index < -0.39 is 0 Å². The first kappa shape index (κ1) is 24.1. The van der Waals surface area contributed by atoms with E-state index in [1.807, 2.05) is 41.3 Å². The van der Waals surface area contributed by atoms with E-state index in [4.69, 9.17) is 14.2 Å². The Morgan fingerprint density at radius 2 is 1.84 bits per heavy atom. The lowest BCUT2D eigenvalue weighted by molar-refractivity contribution is -0.129. The fraction of sp³-hybridized carbons (Fsp3) is 0.519. The van der Waals surface area contributed by atoms with Crippen LogP contribution >= 0.6 is 0 Å². The van der Waals surface area contributed by atoms with Crippen molar-refractivity contribution in [2.24, 2.45) is 5.92 Å². The van der Waals surface area contributed by atoms with Gasteiger partial charge in [0.2, 0.25) is 5.91 Å². The second-order valence-electron chi connectivity index (χ2n) is 9.29. The molecule has 1 aliphatic rings. The molecule has 32 heavy (non-hydrogen) atoms. The molecule has 0 unspecified atom stereocenters. The second-order valence-corrected chi connectivity index (χ2v) is 9.29. The van der Waals surface area contributed by atoms with Crippen LogP contribution in [0.3, 0.4) is 0 Å². The van der Waals surface area contributed by atoms with Gasteiger partial charge in [0.15, 0.2) is 0 Å². The molecular weight excluding hydrogens is 402 g/mol. The summed E-state index contributed by atoms with van der Waals surface area (Å²) in [6, 6.07) is 16.2. The minimum Gasteiger partial charge on any atom is -0.497 e. The molecule has 0 aliphatic carbocycles. The van der Waals surface area contributed by atoms with Crippen LogP contribution in [0.2, 0.25) is 0 Å². The van der Waals surface area contributed by atoms with E-state index in [0.29, 0.717) is 24.9 Å². The van der Waals surface area contributed by atoms with Crippen molar-refractivity contribution in [3.8, 4) is 11.5 Å². The summed E-state index contributed by atoms with van der Waals surface area (Å²) in [5, 5.41) is 0. The summed E-state index contributed by atoms with van der Waals surface area (Å²) >= 11 is 0. The quantitative estimate of drug-likeness (QED) is 0.523. The molecule has 1 fully saturated rings. The third-order valence-electron chi connectivity index (χ3n) is 6.53. The maximum Gasteiger partial charge on any atom is 0.219 e. The van der Waals surface area contributed by atoms with Crippen LogP contribution in [-0.4, -0.2) is 43.8 Å². The van der Waals surface area contributed by atoms with Gasteiger partial charge in [0, 0.05) is 26.6 Å². The van der Waals surface area contributed by atoms with E-state index in [-0.39, 0.29) is 11.5 Å². The van der Waals surface area contributed by atoms with Crippen molar-refractivity contribution in [3.05, 3.63) is 59.7 Å². The van der Waals surface area contributed by atoms with Crippen LogP contribution in [0, 0.1) is 5.92 Å². The van der Waals surface area contributed by atoms with E-state index in [1.165, 1.54) is 5.56 Å². The molecule has 1 aliphatic heterocycles. The second kappa shape index (κ2) is 10.9. The number of hydrogen-bond acceptors (Lipinski definition) is 4. The summed E-state index contributed by atoms with van der Waals surface area (Å²) < 4.78 is 17.0. The van der Waals surface area contributed by atoms with Gasteiger partial charge in [-0.3, -0.25) is 4.79 Å². The number of benzene rings is 2. The maximum atomic E-state index is 12.5. The Morgan fingerprint density at radius 3 is 2.47 bits per heavy atom. The Bertz CT molecular complexity index is 877. The Balaban J connectivity index is 1.80. The smallest absolute Gasteiger partial charge is 0.219 e. The zero-order valence-electron chi connectivity index (χ0n) is 20.1. The molecule has 0 radical (unpaired) electrons. The Morgan fingerprint density at radius 1 is 1.12 bits per heavy atom. The fourth-order valence-electron chi connectivity index (χ4n) is 4.83. The zero-order valence-corrected chi connectivity index (χ0v) is 20.1. The van der Waals surface area contributed by atoms with Crippen LogP contribution in [-0.2, 0) is 16.1 Å². The lowest BCUT2D eigenvalue weighted by Gasteiger charge is -2.40. The van der Waals surface area contributed by atoms with Crippen molar-refractivity contribution in [3.63, 3.8) is 0 Å². The first-order valence-corrected chi connectivity index (χ1v) is 11.5. The Hall–Kier alpha value is -2.53. The van der Waals surface area contributed by atoms with Crippen molar-refractivity contribution >= 4 is 5.91 Å². The highest BCUT2D eigenvalue weighted by Gasteiger charge is 2.35. The molecule has 0 bridgehead atoms. The van der Waals surface area contributed by atoms with E-state index in [9.17, 15) is 4.79 Å². The topological polar surface area (TPSA) is 48.0 Å². The largest absolute Gasteiger partial charge is 0.497 e. The molecule has 5 nitrogen and oxygen atoms in total. The van der Waals surface area contributed by atoms with Crippen molar-refractivity contribution < 1.29 is 19.0 Å². The molecule has 1 amide bonds. The molecule has 5 heteroatoms. The number of carbonyl (C=O) groups excluding carboxylic acids is 1. The summed E-state index contributed by atoms with van der Waals surface area (Å²) in [5.41, 5.74) is 2.19. The van der Waals surface area contributed by atoms with Gasteiger partial charge in [-0.1, -0.05) is 30.3 Å². The van der Waals surface area contributed by atoms with Crippen LogP contribution in [0.15, 0.2) is 48.5 Å². The molecule has 2 atom stereocenters. The average molecular weight is 440 g/mol. The van der Waals surface area contributed by atoms with Crippen LogP contribution in [0.25, 0.3) is 0 Å². The predicted octanol–water partition coefficient (Wildman–Crippen LogP) is 5.43. The number of hydrogen-bond donors (Lipinski definition) is 0. The summed E-state index contributed by atoms with van der Waals surface area (Å²) in [4.78, 5) is 14.4. The molecule has 1 saturated heterocycles. The predicted molar refractivity (Wildman–Crippen MR) is 127 cm³/mol. The van der Waals surface area contributed by atoms with Crippen LogP contribution < -0.4 is 9.47 Å². The lowest BCUT2D eigenvalue weighted by atomic mass is 9.75. The number of ether oxygens (including phenoxy) is 3. The standard InChI is InChI=1S/C27H37NO4/c1-20(29)28(19-21-10-12-23(30-4)13-11-21)16-14-24(22-15-17-32-27(2,3)18-22)25-8-6-7-9-26(25)31-5/h6-13,22,24H,14-19H2,1-5H3/t22-,24+/m1/s1. The van der Waals surface area contributed by atoms with Gasteiger partial charge < -0.3 is 19.1 Å². The molecular formula is C27H37NO4. The number of methoxy groups -OCH3 is 2. The molecule has 0 spiro atoms. The summed E-state index contributed by atoms with van der Waals surface area (Å²) in [6.45, 7) is 8.05. The molecule has 0 saturated carbocycles. The van der Waals surface area contributed by atoms with Crippen LogP contribution in [0.5, 0.6) is 11.5 Å². The Labute approximate surface area is 192 Å². The zero-order chi connectivity index (χ0) is 23.1. The van der Waals surface area contributed by atoms with Gasteiger partial charge in [-0.25, -0.2) is 0 Å². The van der Waals surface area contributed by atoms with E-state index >= 15 is 0 Å². The molecule has 0 aromatic heterocycles. The average Bonchev–Trinajstić information content (AvgIpc) is 2.78. The summed E-state index contributed by atoms with van der Waals surface area (Å²) in [5.74, 6) is 2.61. The number of amides is 1. The third-order valence-corrected chi connectivity index (χ3v) is 6.53. The maximum absolute atomic E-state index is 12.5. The number of nitrogens with zero attached hydrogens (tertiary/aromatic N) is 1. The monoisotopic (exact) mass is 439 g/mol. The van der Waals surface area contributed by atoms with Gasteiger partial charge >= 0.3 is 0 Å². The highest BCUT2D eigenvalue weighted by molar-refractivity contribution is 5.73. The Kier molecular flexibility index (Phi) is 8.19. The normalized spacial score (nSPS) is 18.6. The molecule has 174 valence electrons. The highest BCUT2D eigenvalue weighted by atomic mass is 16.5. The molecule has 3 rings (SSSR count). The van der Waals surface area contributed by atoms with Crippen molar-refractivity contribution in [2.75, 3.05) is 27.4 Å². The highest BCUT2D eigenvalue weighted by Crippen LogP contribution is 2.42. The van der Waals surface area contributed by atoms with Crippen molar-refractivity contribution in [2.45, 2.75) is 58.1 Å². The molecule has 2 aromatic carbocycles. The summed E-state index contributed by atoms with van der Waals surface area (Å²) in [7, 11) is 3.39. The fourth-order valence-corrected chi connectivity index (χ4v) is 4.83.